The Morgan fingerprint density at radius 2 is 2.09 bits per heavy atom. The minimum atomic E-state index is -4.21. The van der Waals surface area contributed by atoms with Crippen molar-refractivity contribution in [3.63, 3.8) is 0 Å². The van der Waals surface area contributed by atoms with Crippen molar-refractivity contribution in [3.05, 3.63) is 35.1 Å². The van der Waals surface area contributed by atoms with E-state index < -0.39 is 18.6 Å². The summed E-state index contributed by atoms with van der Waals surface area (Å²) < 4.78 is 42.4. The first-order chi connectivity index (χ1) is 10.8. The van der Waals surface area contributed by atoms with E-state index in [-0.39, 0.29) is 35.4 Å². The molecule has 0 aliphatic rings. The van der Waals surface area contributed by atoms with Gasteiger partial charge in [-0.3, -0.25) is 0 Å². The second-order valence-electron chi connectivity index (χ2n) is 4.48. The summed E-state index contributed by atoms with van der Waals surface area (Å²) in [5.74, 6) is -0.819. The normalized spacial score (nSPS) is 11.5. The Morgan fingerprint density at radius 3 is 2.70 bits per heavy atom. The molecular formula is C13H11ClF3N3O3. The van der Waals surface area contributed by atoms with Crippen molar-refractivity contribution in [1.29, 1.82) is 0 Å². The molecule has 0 aromatic carbocycles. The highest BCUT2D eigenvalue weighted by Gasteiger charge is 2.26. The van der Waals surface area contributed by atoms with Crippen LogP contribution in [0.3, 0.4) is 0 Å². The first-order valence-corrected chi connectivity index (χ1v) is 6.79. The summed E-state index contributed by atoms with van der Waals surface area (Å²) in [7, 11) is 0. The van der Waals surface area contributed by atoms with Gasteiger partial charge in [-0.05, 0) is 18.6 Å². The third-order valence-corrected chi connectivity index (χ3v) is 3.01. The zero-order valence-corrected chi connectivity index (χ0v) is 12.3. The van der Waals surface area contributed by atoms with E-state index in [2.05, 4.69) is 10.1 Å². The highest BCUT2D eigenvalue weighted by molar-refractivity contribution is 6.32. The number of halogens is 4. The fourth-order valence-electron chi connectivity index (χ4n) is 1.67. The maximum absolute atomic E-state index is 12.0. The van der Waals surface area contributed by atoms with Crippen LogP contribution in [0.1, 0.15) is 23.2 Å². The lowest BCUT2D eigenvalue weighted by Gasteiger charge is -2.06. The van der Waals surface area contributed by atoms with Gasteiger partial charge in [0.25, 0.3) is 0 Å². The molecule has 1 N–H and O–H groups in total. The summed E-state index contributed by atoms with van der Waals surface area (Å²) >= 11 is 5.76. The van der Waals surface area contributed by atoms with Crippen molar-refractivity contribution in [2.45, 2.75) is 19.0 Å². The number of ether oxygens (including phenoxy) is 1. The molecule has 0 bridgehead atoms. The summed E-state index contributed by atoms with van der Waals surface area (Å²) in [5.41, 5.74) is -0.147. The Balaban J connectivity index is 1.99. The van der Waals surface area contributed by atoms with Gasteiger partial charge in [-0.15, -0.1) is 5.10 Å². The van der Waals surface area contributed by atoms with Gasteiger partial charge in [0, 0.05) is 18.7 Å². The molecule has 0 amide bonds. The molecule has 2 aromatic heterocycles. The number of carboxylic acid groups (broad SMARTS) is 1. The Kier molecular flexibility index (Phi) is 5.09. The van der Waals surface area contributed by atoms with Crippen molar-refractivity contribution in [2.75, 3.05) is 6.61 Å². The predicted molar refractivity (Wildman–Crippen MR) is 74.1 cm³/mol. The molecule has 2 aromatic rings. The van der Waals surface area contributed by atoms with Crippen LogP contribution in [0.15, 0.2) is 24.4 Å². The summed E-state index contributed by atoms with van der Waals surface area (Å²) in [6.45, 7) is -0.122. The van der Waals surface area contributed by atoms with E-state index in [4.69, 9.17) is 21.4 Å². The lowest BCUT2D eigenvalue weighted by Crippen LogP contribution is -2.10. The number of aromatic nitrogens is 3. The lowest BCUT2D eigenvalue weighted by molar-refractivity contribution is -0.136. The third-order valence-electron chi connectivity index (χ3n) is 2.72. The number of nitrogens with zero attached hydrogens (tertiary/aromatic N) is 3. The quantitative estimate of drug-likeness (QED) is 0.639. The second kappa shape index (κ2) is 6.86. The maximum Gasteiger partial charge on any atom is 0.389 e. The maximum atomic E-state index is 12.0. The fourth-order valence-corrected chi connectivity index (χ4v) is 1.90. The van der Waals surface area contributed by atoms with Crippen LogP contribution in [-0.4, -0.2) is 38.6 Å². The minimum absolute atomic E-state index is 0.122. The van der Waals surface area contributed by atoms with Crippen molar-refractivity contribution in [2.24, 2.45) is 0 Å². The van der Waals surface area contributed by atoms with E-state index in [1.54, 1.807) is 0 Å². The number of hydrogen-bond donors (Lipinski definition) is 1. The molecule has 0 saturated carbocycles. The average molecular weight is 350 g/mol. The molecule has 2 heterocycles. The molecule has 23 heavy (non-hydrogen) atoms. The van der Waals surface area contributed by atoms with Crippen LogP contribution in [-0.2, 0) is 0 Å². The summed E-state index contributed by atoms with van der Waals surface area (Å²) in [5, 5.41) is 12.6. The fraction of sp³-hybridized carbons (Fsp3) is 0.308. The van der Waals surface area contributed by atoms with Gasteiger partial charge in [-0.2, -0.15) is 13.2 Å². The van der Waals surface area contributed by atoms with E-state index in [0.717, 1.165) is 0 Å². The number of hydrogen-bond acceptors (Lipinski definition) is 4. The number of carbonyl (C=O) groups is 1. The van der Waals surface area contributed by atoms with E-state index in [1.165, 1.54) is 29.1 Å². The van der Waals surface area contributed by atoms with E-state index >= 15 is 0 Å². The van der Waals surface area contributed by atoms with Crippen LogP contribution in [0.5, 0.6) is 5.88 Å². The molecule has 2 rings (SSSR count). The Labute approximate surface area is 133 Å². The molecule has 0 aliphatic heterocycles. The Hall–Kier alpha value is -2.29. The van der Waals surface area contributed by atoms with Crippen molar-refractivity contribution in [3.8, 4) is 11.7 Å². The van der Waals surface area contributed by atoms with E-state index in [1.807, 2.05) is 0 Å². The molecule has 0 radical (unpaired) electrons. The van der Waals surface area contributed by atoms with Gasteiger partial charge in [0.1, 0.15) is 5.15 Å². The molecular weight excluding hydrogens is 339 g/mol. The summed E-state index contributed by atoms with van der Waals surface area (Å²) in [4.78, 5) is 14.7. The standard InChI is InChI=1S/C13H11ClF3N3O3/c14-11-8(12(21)22)2-3-9(18-11)20-6-4-10(19-20)23-7-1-5-13(15,16)17/h2-4,6H,1,5,7H2,(H,21,22). The lowest BCUT2D eigenvalue weighted by atomic mass is 10.3. The SMILES string of the molecule is O=C(O)c1ccc(-n2ccc(OCCCC(F)(F)F)n2)nc1Cl. The van der Waals surface area contributed by atoms with Gasteiger partial charge >= 0.3 is 12.1 Å². The minimum Gasteiger partial charge on any atom is -0.478 e. The van der Waals surface area contributed by atoms with Gasteiger partial charge in [-0.1, -0.05) is 11.6 Å². The highest BCUT2D eigenvalue weighted by atomic mass is 35.5. The molecule has 0 atom stereocenters. The molecule has 0 aliphatic carbocycles. The molecule has 0 saturated heterocycles. The number of pyridine rings is 1. The van der Waals surface area contributed by atoms with Gasteiger partial charge < -0.3 is 9.84 Å². The van der Waals surface area contributed by atoms with Crippen molar-refractivity contribution in [1.82, 2.24) is 14.8 Å². The molecule has 0 fully saturated rings. The van der Waals surface area contributed by atoms with Gasteiger partial charge in [-0.25, -0.2) is 14.5 Å². The van der Waals surface area contributed by atoms with Crippen LogP contribution >= 0.6 is 11.6 Å². The number of rotatable bonds is 6. The molecule has 10 heteroatoms. The second-order valence-corrected chi connectivity index (χ2v) is 4.84. The summed E-state index contributed by atoms with van der Waals surface area (Å²) in [6, 6.07) is 4.13. The predicted octanol–water partition coefficient (Wildman–Crippen LogP) is 3.34. The number of aromatic carboxylic acids is 1. The van der Waals surface area contributed by atoms with Crippen LogP contribution in [0.4, 0.5) is 13.2 Å². The first kappa shape index (κ1) is 17.1. The van der Waals surface area contributed by atoms with Crippen molar-refractivity contribution < 1.29 is 27.8 Å². The number of carboxylic acids is 1. The molecule has 0 spiro atoms. The third kappa shape index (κ3) is 4.85. The van der Waals surface area contributed by atoms with Gasteiger partial charge in [0.15, 0.2) is 5.82 Å². The first-order valence-electron chi connectivity index (χ1n) is 6.42. The highest BCUT2D eigenvalue weighted by Crippen LogP contribution is 2.21. The Bertz CT molecular complexity index is 703. The Morgan fingerprint density at radius 1 is 1.35 bits per heavy atom. The number of alkyl halides is 3. The van der Waals surface area contributed by atoms with Gasteiger partial charge in [0.05, 0.1) is 12.2 Å². The monoisotopic (exact) mass is 349 g/mol. The zero-order valence-electron chi connectivity index (χ0n) is 11.5. The molecule has 124 valence electrons. The zero-order chi connectivity index (χ0) is 17.0. The van der Waals surface area contributed by atoms with E-state index in [0.29, 0.717) is 0 Å². The topological polar surface area (TPSA) is 77.2 Å². The smallest absolute Gasteiger partial charge is 0.389 e. The van der Waals surface area contributed by atoms with Crippen LogP contribution in [0.25, 0.3) is 5.82 Å². The molecule has 0 unspecified atom stereocenters. The molecule has 6 nitrogen and oxygen atoms in total. The van der Waals surface area contributed by atoms with Gasteiger partial charge in [0.2, 0.25) is 5.88 Å². The van der Waals surface area contributed by atoms with Crippen LogP contribution in [0, 0.1) is 0 Å². The average Bonchev–Trinajstić information content (AvgIpc) is 2.91. The van der Waals surface area contributed by atoms with Crippen molar-refractivity contribution >= 4 is 17.6 Å². The summed E-state index contributed by atoms with van der Waals surface area (Å²) in [6.07, 6.45) is -3.84. The van der Waals surface area contributed by atoms with Crippen LogP contribution in [0.2, 0.25) is 5.15 Å². The van der Waals surface area contributed by atoms with Crippen LogP contribution < -0.4 is 4.74 Å². The van der Waals surface area contributed by atoms with E-state index in [9.17, 15) is 18.0 Å². The largest absolute Gasteiger partial charge is 0.478 e.